The first-order valence-electron chi connectivity index (χ1n) is 2.77. The first-order chi connectivity index (χ1) is 2.77. The summed E-state index contributed by atoms with van der Waals surface area (Å²) in [6.07, 6.45) is 0. The summed E-state index contributed by atoms with van der Waals surface area (Å²) in [5.41, 5.74) is 0. The van der Waals surface area contributed by atoms with Crippen LogP contribution in [0, 0.1) is 0 Å². The number of rotatable bonds is 2. The minimum atomic E-state index is 0.898. The predicted molar refractivity (Wildman–Crippen MR) is 37.6 cm³/mol. The van der Waals surface area contributed by atoms with E-state index in [0.29, 0.717) is 0 Å². The molecule has 6 heavy (non-hydrogen) atoms. The summed E-state index contributed by atoms with van der Waals surface area (Å²) in [5.74, 6) is 0. The third-order valence-corrected chi connectivity index (χ3v) is 0.866. The fourth-order valence-corrected chi connectivity index (χ4v) is 0.577. The minimum Gasteiger partial charge on any atom is -0.0965 e. The highest BCUT2D eigenvalue weighted by molar-refractivity contribution is 7.35. The first-order valence-corrected chi connectivity index (χ1v) is 2.77. The van der Waals surface area contributed by atoms with E-state index in [2.05, 4.69) is 20.5 Å². The molecule has 0 bridgehead atoms. The first kappa shape index (κ1) is 6.19. The Balaban J connectivity index is 2.63. The molecule has 0 spiro atoms. The molecule has 0 nitrogen and oxygen atoms in total. The summed E-state index contributed by atoms with van der Waals surface area (Å²) in [4.78, 5) is 0. The van der Waals surface area contributed by atoms with Crippen molar-refractivity contribution in [1.82, 2.24) is 0 Å². The SMILES string of the molecule is CBBB(C)C. The second-order valence-corrected chi connectivity index (χ2v) is 2.18. The Morgan fingerprint density at radius 2 is 1.83 bits per heavy atom. The highest BCUT2D eigenvalue weighted by atomic mass is 13.2. The Hall–Kier alpha value is 0.195. The zero-order valence-electron chi connectivity index (χ0n) is 4.99. The van der Waals surface area contributed by atoms with Gasteiger partial charge in [0.05, 0.1) is 20.8 Å². The second-order valence-electron chi connectivity index (χ2n) is 2.18. The van der Waals surface area contributed by atoms with Gasteiger partial charge in [-0.05, 0) is 0 Å². The fourth-order valence-electron chi connectivity index (χ4n) is 0.577. The normalized spacial score (nSPS) is 7.17. The molecule has 0 aromatic rings. The smallest absolute Gasteiger partial charge is 0.0895 e. The zero-order chi connectivity index (χ0) is 4.99. The minimum absolute atomic E-state index is 0.898. The lowest BCUT2D eigenvalue weighted by Crippen LogP contribution is -2.17. The average Bonchev–Trinajstić information content (AvgIpc) is 1.35. The Kier molecular flexibility index (Phi) is 3.50. The fraction of sp³-hybridized carbons (Fsp3) is 1.00. The van der Waals surface area contributed by atoms with Gasteiger partial charge in [0.25, 0.3) is 0 Å². The van der Waals surface area contributed by atoms with Crippen LogP contribution in [0.3, 0.4) is 0 Å². The van der Waals surface area contributed by atoms with E-state index in [0.717, 1.165) is 6.60 Å². The van der Waals surface area contributed by atoms with Crippen LogP contribution in [0.4, 0.5) is 0 Å². The van der Waals surface area contributed by atoms with Crippen LogP contribution in [-0.2, 0) is 0 Å². The zero-order valence-corrected chi connectivity index (χ0v) is 4.99. The van der Waals surface area contributed by atoms with Crippen LogP contribution in [0.5, 0.6) is 0 Å². The summed E-state index contributed by atoms with van der Waals surface area (Å²) in [6, 6.07) is 0. The van der Waals surface area contributed by atoms with Gasteiger partial charge in [-0.2, -0.15) is 0 Å². The van der Waals surface area contributed by atoms with Gasteiger partial charge in [-0.15, -0.1) is 0 Å². The van der Waals surface area contributed by atoms with Gasteiger partial charge in [0.1, 0.15) is 0 Å². The molecule has 32 valence electrons. The molecule has 0 aliphatic carbocycles. The van der Waals surface area contributed by atoms with Crippen LogP contribution in [-0.4, -0.2) is 20.8 Å². The maximum absolute atomic E-state index is 2.25. The molecule has 0 atom stereocenters. The van der Waals surface area contributed by atoms with E-state index in [1.807, 2.05) is 0 Å². The van der Waals surface area contributed by atoms with Crippen LogP contribution in [0.15, 0.2) is 0 Å². The molecule has 0 aromatic heterocycles. The summed E-state index contributed by atoms with van der Waals surface area (Å²) in [7, 11) is 2.71. The second kappa shape index (κ2) is 3.39. The molecular formula is C3H11B3. The van der Waals surface area contributed by atoms with E-state index < -0.39 is 0 Å². The monoisotopic (exact) mass is 80.1 g/mol. The van der Waals surface area contributed by atoms with E-state index in [-0.39, 0.29) is 0 Å². The van der Waals surface area contributed by atoms with Crippen molar-refractivity contribution in [1.29, 1.82) is 0 Å². The van der Waals surface area contributed by atoms with E-state index in [1.54, 1.807) is 0 Å². The molecule has 0 unspecified atom stereocenters. The largest absolute Gasteiger partial charge is 0.0965 e. The van der Waals surface area contributed by atoms with Crippen molar-refractivity contribution < 1.29 is 0 Å². The quantitative estimate of drug-likeness (QED) is 0.411. The standard InChI is InChI=1S/C3H11B3/c1-4-5-6(2)3/h4-5H,1-3H3. The molecule has 3 heteroatoms. The molecule has 0 saturated heterocycles. The van der Waals surface area contributed by atoms with Gasteiger partial charge in [0.2, 0.25) is 0 Å². The van der Waals surface area contributed by atoms with E-state index in [1.165, 1.54) is 14.2 Å². The Morgan fingerprint density at radius 1 is 1.33 bits per heavy atom. The molecule has 0 radical (unpaired) electrons. The summed E-state index contributed by atoms with van der Waals surface area (Å²) in [5, 5.41) is 0. The van der Waals surface area contributed by atoms with Crippen molar-refractivity contribution in [3.63, 3.8) is 0 Å². The Labute approximate surface area is 42.2 Å². The van der Waals surface area contributed by atoms with Crippen LogP contribution < -0.4 is 0 Å². The summed E-state index contributed by atoms with van der Waals surface area (Å²) in [6.45, 7) is 7.63. The van der Waals surface area contributed by atoms with Gasteiger partial charge in [0.15, 0.2) is 0 Å². The predicted octanol–water partition coefficient (Wildman–Crippen LogP) is 0.0736. The molecule has 0 rings (SSSR count). The summed E-state index contributed by atoms with van der Waals surface area (Å²) < 4.78 is 0. The molecule has 0 aromatic carbocycles. The maximum atomic E-state index is 2.25. The van der Waals surface area contributed by atoms with Crippen molar-refractivity contribution in [2.45, 2.75) is 20.5 Å². The van der Waals surface area contributed by atoms with Crippen LogP contribution in [0.25, 0.3) is 0 Å². The van der Waals surface area contributed by atoms with Crippen molar-refractivity contribution in [3.8, 4) is 0 Å². The third-order valence-electron chi connectivity index (χ3n) is 0.866. The van der Waals surface area contributed by atoms with Crippen molar-refractivity contribution in [3.05, 3.63) is 0 Å². The van der Waals surface area contributed by atoms with Crippen LogP contribution in [0.1, 0.15) is 0 Å². The van der Waals surface area contributed by atoms with Crippen LogP contribution >= 0.6 is 0 Å². The average molecular weight is 79.6 g/mol. The summed E-state index contributed by atoms with van der Waals surface area (Å²) >= 11 is 0. The van der Waals surface area contributed by atoms with Crippen molar-refractivity contribution in [2.75, 3.05) is 0 Å². The van der Waals surface area contributed by atoms with E-state index >= 15 is 0 Å². The number of hydrogen-bond donors (Lipinski definition) is 0. The topological polar surface area (TPSA) is 0 Å². The highest BCUT2D eigenvalue weighted by Gasteiger charge is 1.94. The Morgan fingerprint density at radius 3 is 1.83 bits per heavy atom. The molecule has 0 heterocycles. The van der Waals surface area contributed by atoms with Crippen molar-refractivity contribution >= 4 is 20.8 Å². The third kappa shape index (κ3) is 4.19. The molecule has 0 amide bonds. The molecule has 0 saturated carbocycles. The van der Waals surface area contributed by atoms with Gasteiger partial charge < -0.3 is 0 Å². The lowest BCUT2D eigenvalue weighted by atomic mass is 9.10. The number of hydrogen-bond acceptors (Lipinski definition) is 0. The van der Waals surface area contributed by atoms with Gasteiger partial charge in [-0.25, -0.2) is 0 Å². The molecule has 0 aliphatic rings. The van der Waals surface area contributed by atoms with Gasteiger partial charge in [0, 0.05) is 0 Å². The maximum Gasteiger partial charge on any atom is 0.0895 e. The lowest BCUT2D eigenvalue weighted by Gasteiger charge is -1.87. The molecule has 0 aliphatic heterocycles. The van der Waals surface area contributed by atoms with E-state index in [4.69, 9.17) is 0 Å². The Bertz CT molecular complexity index is 27.2. The van der Waals surface area contributed by atoms with Crippen molar-refractivity contribution in [2.24, 2.45) is 0 Å². The lowest BCUT2D eigenvalue weighted by molar-refractivity contribution is 2.10. The van der Waals surface area contributed by atoms with E-state index in [9.17, 15) is 0 Å². The molecule has 0 N–H and O–H groups in total. The molecule has 0 fully saturated rings. The van der Waals surface area contributed by atoms with Gasteiger partial charge in [-0.3, -0.25) is 0 Å². The van der Waals surface area contributed by atoms with Crippen LogP contribution in [0.2, 0.25) is 20.5 Å². The highest BCUT2D eigenvalue weighted by Crippen LogP contribution is 1.70. The molecular weight excluding hydrogens is 68.5 g/mol. The van der Waals surface area contributed by atoms with Gasteiger partial charge >= 0.3 is 0 Å². The van der Waals surface area contributed by atoms with Gasteiger partial charge in [-0.1, -0.05) is 20.5 Å².